The number of fused-ring (bicyclic) bond motifs is 1. The summed E-state index contributed by atoms with van der Waals surface area (Å²) in [4.78, 5) is 18.3. The molecule has 3 aromatic rings. The van der Waals surface area contributed by atoms with Crippen LogP contribution in [0.4, 0.5) is 34.8 Å². The molecule has 2 aromatic carbocycles. The second-order valence-electron chi connectivity index (χ2n) is 5.47. The number of nitro groups is 1. The maximum Gasteiger partial charge on any atom is 0.422 e. The molecule has 7 nitrogen and oxygen atoms in total. The van der Waals surface area contributed by atoms with E-state index in [1.54, 1.807) is 0 Å². The van der Waals surface area contributed by atoms with Crippen molar-refractivity contribution in [3.63, 3.8) is 0 Å². The molecule has 3 rings (SSSR count). The van der Waals surface area contributed by atoms with Crippen LogP contribution in [-0.2, 0) is 0 Å². The topological polar surface area (TPSA) is 90.2 Å². The van der Waals surface area contributed by atoms with E-state index in [-0.39, 0.29) is 21.7 Å². The van der Waals surface area contributed by atoms with Gasteiger partial charge in [0.2, 0.25) is 0 Å². The van der Waals surface area contributed by atoms with Gasteiger partial charge in [-0.15, -0.1) is 0 Å². The van der Waals surface area contributed by atoms with Gasteiger partial charge in [0, 0.05) is 17.8 Å². The second-order valence-corrected chi connectivity index (χ2v) is 5.88. The van der Waals surface area contributed by atoms with Crippen LogP contribution in [0.1, 0.15) is 0 Å². The first-order chi connectivity index (χ1) is 13.1. The molecule has 12 heteroatoms. The Kier molecular flexibility index (Phi) is 5.18. The molecule has 0 bridgehead atoms. The van der Waals surface area contributed by atoms with Crippen LogP contribution in [0.15, 0.2) is 36.7 Å². The van der Waals surface area contributed by atoms with E-state index < -0.39 is 35.0 Å². The number of nitrogens with one attached hydrogen (secondary N) is 1. The number of halogens is 5. The average Bonchev–Trinajstić information content (AvgIpc) is 2.62. The normalized spacial score (nSPS) is 11.5. The van der Waals surface area contributed by atoms with Crippen LogP contribution in [-0.4, -0.2) is 27.7 Å². The van der Waals surface area contributed by atoms with Crippen LogP contribution in [0.25, 0.3) is 10.9 Å². The number of anilines is 2. The fourth-order valence-electron chi connectivity index (χ4n) is 2.30. The van der Waals surface area contributed by atoms with Gasteiger partial charge < -0.3 is 10.1 Å². The fraction of sp³-hybridized carbons (Fsp3) is 0.125. The molecule has 0 saturated carbocycles. The number of rotatable bonds is 5. The highest BCUT2D eigenvalue weighted by atomic mass is 35.5. The molecule has 0 aliphatic heterocycles. The average molecular weight is 417 g/mol. The zero-order valence-corrected chi connectivity index (χ0v) is 14.4. The molecule has 0 aliphatic carbocycles. The fourth-order valence-corrected chi connectivity index (χ4v) is 2.48. The molecule has 1 aromatic heterocycles. The maximum atomic E-state index is 13.3. The van der Waals surface area contributed by atoms with Crippen molar-refractivity contribution in [3.8, 4) is 5.75 Å². The third-order valence-electron chi connectivity index (χ3n) is 3.49. The van der Waals surface area contributed by atoms with Crippen molar-refractivity contribution in [2.24, 2.45) is 0 Å². The number of hydrogen-bond acceptors (Lipinski definition) is 6. The van der Waals surface area contributed by atoms with Crippen molar-refractivity contribution < 1.29 is 27.2 Å². The van der Waals surface area contributed by atoms with E-state index in [1.807, 2.05) is 0 Å². The molecular formula is C16H9ClF4N4O3. The van der Waals surface area contributed by atoms with Crippen molar-refractivity contribution in [3.05, 3.63) is 57.6 Å². The second kappa shape index (κ2) is 7.43. The van der Waals surface area contributed by atoms with E-state index in [1.165, 1.54) is 12.1 Å². The number of aromatic nitrogens is 2. The third kappa shape index (κ3) is 4.36. The van der Waals surface area contributed by atoms with Crippen molar-refractivity contribution in [1.29, 1.82) is 0 Å². The van der Waals surface area contributed by atoms with Crippen LogP contribution >= 0.6 is 11.6 Å². The minimum Gasteiger partial charge on any atom is -0.477 e. The van der Waals surface area contributed by atoms with Gasteiger partial charge in [-0.25, -0.2) is 14.4 Å². The lowest BCUT2D eigenvalue weighted by atomic mass is 10.2. The summed E-state index contributed by atoms with van der Waals surface area (Å²) in [6.45, 7) is -1.69. The van der Waals surface area contributed by atoms with Crippen LogP contribution < -0.4 is 10.1 Å². The first kappa shape index (κ1) is 19.5. The number of hydrogen-bond donors (Lipinski definition) is 1. The minimum atomic E-state index is -4.66. The summed E-state index contributed by atoms with van der Waals surface area (Å²) in [5.74, 6) is -1.11. The van der Waals surface area contributed by atoms with E-state index in [0.29, 0.717) is 5.69 Å². The quantitative estimate of drug-likeness (QED) is 0.357. The predicted octanol–water partition coefficient (Wildman–Crippen LogP) is 5.02. The summed E-state index contributed by atoms with van der Waals surface area (Å²) >= 11 is 5.71. The Morgan fingerprint density at radius 2 is 1.96 bits per heavy atom. The van der Waals surface area contributed by atoms with Crippen LogP contribution in [0, 0.1) is 15.9 Å². The summed E-state index contributed by atoms with van der Waals surface area (Å²) < 4.78 is 55.0. The Balaban J connectivity index is 2.04. The Morgan fingerprint density at radius 3 is 2.61 bits per heavy atom. The minimum absolute atomic E-state index is 0.105. The summed E-state index contributed by atoms with van der Waals surface area (Å²) in [5.41, 5.74) is -0.244. The summed E-state index contributed by atoms with van der Waals surface area (Å²) in [5, 5.41) is 14.1. The Hall–Kier alpha value is -3.21. The molecule has 0 saturated heterocycles. The summed E-state index contributed by atoms with van der Waals surface area (Å²) in [7, 11) is 0. The lowest BCUT2D eigenvalue weighted by molar-refractivity contribution is -0.386. The summed E-state index contributed by atoms with van der Waals surface area (Å²) in [6.07, 6.45) is -3.56. The molecule has 0 amide bonds. The molecule has 0 radical (unpaired) electrons. The molecule has 146 valence electrons. The van der Waals surface area contributed by atoms with Crippen molar-refractivity contribution in [1.82, 2.24) is 9.97 Å². The van der Waals surface area contributed by atoms with Gasteiger partial charge in [0.15, 0.2) is 12.4 Å². The van der Waals surface area contributed by atoms with Gasteiger partial charge in [-0.3, -0.25) is 10.1 Å². The molecule has 28 heavy (non-hydrogen) atoms. The van der Waals surface area contributed by atoms with Gasteiger partial charge >= 0.3 is 11.9 Å². The first-order valence-corrected chi connectivity index (χ1v) is 7.86. The van der Waals surface area contributed by atoms with E-state index in [4.69, 9.17) is 11.6 Å². The highest BCUT2D eigenvalue weighted by Gasteiger charge is 2.30. The number of alkyl halides is 3. The lowest BCUT2D eigenvalue weighted by Crippen LogP contribution is -2.19. The zero-order chi connectivity index (χ0) is 20.5. The highest BCUT2D eigenvalue weighted by Crippen LogP contribution is 2.35. The van der Waals surface area contributed by atoms with Gasteiger partial charge in [-0.05, 0) is 18.2 Å². The largest absolute Gasteiger partial charge is 0.477 e. The lowest BCUT2D eigenvalue weighted by Gasteiger charge is -2.12. The van der Waals surface area contributed by atoms with Gasteiger partial charge in [-0.2, -0.15) is 13.2 Å². The SMILES string of the molecule is O=[N+]([O-])c1cc2c(Nc3ccc(F)c(Cl)c3)ncnc2cc1OCC(F)(F)F. The molecule has 0 aliphatic rings. The van der Waals surface area contributed by atoms with Gasteiger partial charge in [0.1, 0.15) is 18.0 Å². The Bertz CT molecular complexity index is 1060. The first-order valence-electron chi connectivity index (χ1n) is 7.49. The molecule has 0 atom stereocenters. The standard InChI is InChI=1S/C16H9ClF4N4O3/c17-10-3-8(1-2-11(10)18)24-15-9-4-13(25(26)27)14(28-6-16(19,20)21)5-12(9)22-7-23-15/h1-5,7H,6H2,(H,22,23,24). The summed E-state index contributed by atoms with van der Waals surface area (Å²) in [6, 6.07) is 5.77. The highest BCUT2D eigenvalue weighted by molar-refractivity contribution is 6.31. The van der Waals surface area contributed by atoms with Gasteiger partial charge in [0.05, 0.1) is 20.8 Å². The van der Waals surface area contributed by atoms with E-state index >= 15 is 0 Å². The monoisotopic (exact) mass is 416 g/mol. The van der Waals surface area contributed by atoms with Crippen LogP contribution in [0.5, 0.6) is 5.75 Å². The number of nitro benzene ring substituents is 1. The van der Waals surface area contributed by atoms with E-state index in [0.717, 1.165) is 24.5 Å². The van der Waals surface area contributed by atoms with E-state index in [9.17, 15) is 27.7 Å². The molecular weight excluding hydrogens is 408 g/mol. The van der Waals surface area contributed by atoms with Crippen LogP contribution in [0.3, 0.4) is 0 Å². The molecule has 0 spiro atoms. The number of nitrogens with zero attached hydrogens (tertiary/aromatic N) is 3. The third-order valence-corrected chi connectivity index (χ3v) is 3.78. The molecule has 0 unspecified atom stereocenters. The van der Waals surface area contributed by atoms with Crippen molar-refractivity contribution in [2.45, 2.75) is 6.18 Å². The van der Waals surface area contributed by atoms with E-state index in [2.05, 4.69) is 20.0 Å². The number of benzene rings is 2. The van der Waals surface area contributed by atoms with Crippen molar-refractivity contribution in [2.75, 3.05) is 11.9 Å². The molecule has 0 fully saturated rings. The molecule has 1 heterocycles. The predicted molar refractivity (Wildman–Crippen MR) is 92.4 cm³/mol. The Labute approximate surface area is 159 Å². The van der Waals surface area contributed by atoms with Gasteiger partial charge in [0.25, 0.3) is 0 Å². The zero-order valence-electron chi connectivity index (χ0n) is 13.6. The molecule has 1 N–H and O–H groups in total. The maximum absolute atomic E-state index is 13.3. The van der Waals surface area contributed by atoms with Crippen molar-refractivity contribution >= 4 is 39.7 Å². The Morgan fingerprint density at radius 1 is 1.21 bits per heavy atom. The van der Waals surface area contributed by atoms with Gasteiger partial charge in [-0.1, -0.05) is 11.6 Å². The van der Waals surface area contributed by atoms with Crippen LogP contribution in [0.2, 0.25) is 5.02 Å². The smallest absolute Gasteiger partial charge is 0.422 e. The number of ether oxygens (including phenoxy) is 1.